The van der Waals surface area contributed by atoms with E-state index < -0.39 is 0 Å². The highest BCUT2D eigenvalue weighted by Crippen LogP contribution is 2.29. The van der Waals surface area contributed by atoms with Gasteiger partial charge in [-0.3, -0.25) is 0 Å². The standard InChI is InChI=1S/C12H11Cl2N3/c1-15-12(8-4-5-16-17-7-8)10-6-9(13)2-3-11(10)14/h2-7,12,15H,1H3. The first-order valence-electron chi connectivity index (χ1n) is 5.11. The Hall–Kier alpha value is -1.16. The Morgan fingerprint density at radius 1 is 1.18 bits per heavy atom. The minimum Gasteiger partial charge on any atom is -0.309 e. The van der Waals surface area contributed by atoms with Gasteiger partial charge in [-0.15, -0.1) is 0 Å². The van der Waals surface area contributed by atoms with Crippen LogP contribution >= 0.6 is 23.2 Å². The van der Waals surface area contributed by atoms with Crippen LogP contribution in [0.3, 0.4) is 0 Å². The molecule has 88 valence electrons. The number of nitrogens with one attached hydrogen (secondary N) is 1. The van der Waals surface area contributed by atoms with E-state index in [1.165, 1.54) is 0 Å². The second-order valence-corrected chi connectivity index (χ2v) is 4.41. The largest absolute Gasteiger partial charge is 0.309 e. The number of aromatic nitrogens is 2. The molecule has 0 amide bonds. The predicted octanol–water partition coefficient (Wildman–Crippen LogP) is 3.09. The van der Waals surface area contributed by atoms with Gasteiger partial charge in [-0.2, -0.15) is 10.2 Å². The summed E-state index contributed by atoms with van der Waals surface area (Å²) in [6.07, 6.45) is 3.36. The van der Waals surface area contributed by atoms with Crippen LogP contribution in [0.15, 0.2) is 36.7 Å². The molecule has 1 unspecified atom stereocenters. The highest BCUT2D eigenvalue weighted by Gasteiger charge is 2.15. The van der Waals surface area contributed by atoms with Crippen LogP contribution in [0, 0.1) is 0 Å². The van der Waals surface area contributed by atoms with Crippen LogP contribution in [0.5, 0.6) is 0 Å². The van der Waals surface area contributed by atoms with Gasteiger partial charge in [0, 0.05) is 16.2 Å². The lowest BCUT2D eigenvalue weighted by molar-refractivity contribution is 0.685. The van der Waals surface area contributed by atoms with Crippen molar-refractivity contribution in [2.24, 2.45) is 0 Å². The fourth-order valence-electron chi connectivity index (χ4n) is 1.71. The Bertz CT molecular complexity index is 502. The zero-order chi connectivity index (χ0) is 12.3. The third-order valence-corrected chi connectivity index (χ3v) is 3.08. The third kappa shape index (κ3) is 2.75. The van der Waals surface area contributed by atoms with E-state index in [1.807, 2.05) is 19.2 Å². The van der Waals surface area contributed by atoms with Crippen molar-refractivity contribution in [3.63, 3.8) is 0 Å². The van der Waals surface area contributed by atoms with Gasteiger partial charge in [0.15, 0.2) is 0 Å². The van der Waals surface area contributed by atoms with Crippen LogP contribution in [-0.4, -0.2) is 17.2 Å². The number of halogens is 2. The molecule has 1 heterocycles. The molecule has 0 aliphatic carbocycles. The molecule has 2 rings (SSSR count). The minimum atomic E-state index is -0.0447. The Balaban J connectivity index is 2.46. The second kappa shape index (κ2) is 5.45. The maximum absolute atomic E-state index is 6.18. The van der Waals surface area contributed by atoms with Crippen molar-refractivity contribution in [1.82, 2.24) is 15.5 Å². The lowest BCUT2D eigenvalue weighted by Crippen LogP contribution is -2.18. The molecule has 3 nitrogen and oxygen atoms in total. The van der Waals surface area contributed by atoms with Gasteiger partial charge in [0.05, 0.1) is 12.2 Å². The van der Waals surface area contributed by atoms with Crippen LogP contribution in [0.2, 0.25) is 10.0 Å². The zero-order valence-electron chi connectivity index (χ0n) is 9.19. The topological polar surface area (TPSA) is 37.8 Å². The second-order valence-electron chi connectivity index (χ2n) is 3.56. The summed E-state index contributed by atoms with van der Waals surface area (Å²) in [5, 5.41) is 12.1. The molecule has 1 aromatic carbocycles. The van der Waals surface area contributed by atoms with E-state index in [-0.39, 0.29) is 6.04 Å². The maximum atomic E-state index is 6.18. The fraction of sp³-hybridized carbons (Fsp3) is 0.167. The Morgan fingerprint density at radius 2 is 2.00 bits per heavy atom. The number of nitrogens with zero attached hydrogens (tertiary/aromatic N) is 2. The van der Waals surface area contributed by atoms with Gasteiger partial charge in [-0.25, -0.2) is 0 Å². The summed E-state index contributed by atoms with van der Waals surface area (Å²) in [4.78, 5) is 0. The van der Waals surface area contributed by atoms with E-state index in [1.54, 1.807) is 24.5 Å². The fourth-order valence-corrected chi connectivity index (χ4v) is 2.12. The third-order valence-electron chi connectivity index (χ3n) is 2.50. The van der Waals surface area contributed by atoms with Crippen molar-refractivity contribution >= 4 is 23.2 Å². The summed E-state index contributed by atoms with van der Waals surface area (Å²) in [5.74, 6) is 0. The molecule has 0 radical (unpaired) electrons. The lowest BCUT2D eigenvalue weighted by Gasteiger charge is -2.18. The number of hydrogen-bond acceptors (Lipinski definition) is 3. The summed E-state index contributed by atoms with van der Waals surface area (Å²) >= 11 is 12.2. The van der Waals surface area contributed by atoms with Gasteiger partial charge in [0.25, 0.3) is 0 Å². The highest BCUT2D eigenvalue weighted by molar-refractivity contribution is 6.33. The van der Waals surface area contributed by atoms with Crippen LogP contribution in [-0.2, 0) is 0 Å². The first-order chi connectivity index (χ1) is 8.22. The van der Waals surface area contributed by atoms with Crippen molar-refractivity contribution in [2.75, 3.05) is 7.05 Å². The molecule has 0 saturated heterocycles. The van der Waals surface area contributed by atoms with Crippen molar-refractivity contribution in [1.29, 1.82) is 0 Å². The Kier molecular flexibility index (Phi) is 3.94. The van der Waals surface area contributed by atoms with E-state index in [4.69, 9.17) is 23.2 Å². The Morgan fingerprint density at radius 3 is 2.65 bits per heavy atom. The lowest BCUT2D eigenvalue weighted by atomic mass is 10.0. The van der Waals surface area contributed by atoms with Gasteiger partial charge in [0.1, 0.15) is 0 Å². The maximum Gasteiger partial charge on any atom is 0.0606 e. The summed E-state index contributed by atoms with van der Waals surface area (Å²) in [6, 6.07) is 7.26. The number of rotatable bonds is 3. The molecule has 0 saturated carbocycles. The molecular weight excluding hydrogens is 257 g/mol. The smallest absolute Gasteiger partial charge is 0.0606 e. The SMILES string of the molecule is CNC(c1ccnnc1)c1cc(Cl)ccc1Cl. The van der Waals surface area contributed by atoms with Crippen LogP contribution in [0.25, 0.3) is 0 Å². The molecule has 1 atom stereocenters. The van der Waals surface area contributed by atoms with E-state index in [9.17, 15) is 0 Å². The van der Waals surface area contributed by atoms with Crippen LogP contribution in [0.1, 0.15) is 17.2 Å². The minimum absolute atomic E-state index is 0.0447. The first-order valence-corrected chi connectivity index (χ1v) is 5.87. The summed E-state index contributed by atoms with van der Waals surface area (Å²) in [7, 11) is 1.86. The highest BCUT2D eigenvalue weighted by atomic mass is 35.5. The van der Waals surface area contributed by atoms with Crippen molar-refractivity contribution in [3.8, 4) is 0 Å². The number of hydrogen-bond donors (Lipinski definition) is 1. The van der Waals surface area contributed by atoms with Crippen molar-refractivity contribution in [2.45, 2.75) is 6.04 Å². The van der Waals surface area contributed by atoms with Gasteiger partial charge in [-0.1, -0.05) is 23.2 Å². The molecule has 5 heteroatoms. The predicted molar refractivity (Wildman–Crippen MR) is 69.4 cm³/mol. The van der Waals surface area contributed by atoms with Gasteiger partial charge < -0.3 is 5.32 Å². The van der Waals surface area contributed by atoms with E-state index >= 15 is 0 Å². The van der Waals surface area contributed by atoms with Gasteiger partial charge in [0.2, 0.25) is 0 Å². The molecule has 0 bridgehead atoms. The van der Waals surface area contributed by atoms with Crippen molar-refractivity contribution in [3.05, 3.63) is 57.8 Å². The number of benzene rings is 1. The molecule has 0 fully saturated rings. The quantitative estimate of drug-likeness (QED) is 0.929. The molecule has 2 aromatic rings. The molecule has 17 heavy (non-hydrogen) atoms. The summed E-state index contributed by atoms with van der Waals surface area (Å²) in [6.45, 7) is 0. The molecule has 0 aliphatic heterocycles. The first kappa shape index (κ1) is 12.3. The monoisotopic (exact) mass is 267 g/mol. The molecular formula is C12H11Cl2N3. The molecule has 0 aliphatic rings. The van der Waals surface area contributed by atoms with E-state index in [0.29, 0.717) is 10.0 Å². The molecule has 1 N–H and O–H groups in total. The normalized spacial score (nSPS) is 12.4. The average Bonchev–Trinajstić information content (AvgIpc) is 2.36. The average molecular weight is 268 g/mol. The zero-order valence-corrected chi connectivity index (χ0v) is 10.7. The van der Waals surface area contributed by atoms with Crippen molar-refractivity contribution < 1.29 is 0 Å². The molecule has 1 aromatic heterocycles. The van der Waals surface area contributed by atoms with Crippen LogP contribution < -0.4 is 5.32 Å². The van der Waals surface area contributed by atoms with Gasteiger partial charge in [-0.05, 0) is 42.4 Å². The summed E-state index contributed by atoms with van der Waals surface area (Å²) in [5.41, 5.74) is 1.92. The van der Waals surface area contributed by atoms with E-state index in [0.717, 1.165) is 11.1 Å². The van der Waals surface area contributed by atoms with Gasteiger partial charge >= 0.3 is 0 Å². The summed E-state index contributed by atoms with van der Waals surface area (Å²) < 4.78 is 0. The van der Waals surface area contributed by atoms with E-state index in [2.05, 4.69) is 15.5 Å². The van der Waals surface area contributed by atoms with Crippen LogP contribution in [0.4, 0.5) is 0 Å². The molecule has 0 spiro atoms. The Labute approximate surface area is 110 Å².